The molecule has 0 unspecified atom stereocenters. The van der Waals surface area contributed by atoms with Crippen molar-refractivity contribution in [2.75, 3.05) is 36.8 Å². The van der Waals surface area contributed by atoms with E-state index in [-0.39, 0.29) is 7.43 Å². The van der Waals surface area contributed by atoms with E-state index < -0.39 is 10.0 Å². The summed E-state index contributed by atoms with van der Waals surface area (Å²) < 4.78 is 28.0. The maximum Gasteiger partial charge on any atom is 0.240 e. The molecule has 5 N–H and O–H groups in total. The van der Waals surface area contributed by atoms with Crippen LogP contribution in [0.4, 0.5) is 11.8 Å². The van der Waals surface area contributed by atoms with Gasteiger partial charge < -0.3 is 16.4 Å². The molecule has 202 valence electrons. The third kappa shape index (κ3) is 8.12. The van der Waals surface area contributed by atoms with Gasteiger partial charge in [0.05, 0.1) is 10.4 Å². The van der Waals surface area contributed by atoms with Crippen LogP contribution in [0.25, 0.3) is 10.9 Å². The number of aryl methyl sites for hydroxylation is 1. The fourth-order valence-corrected chi connectivity index (χ4v) is 5.79. The van der Waals surface area contributed by atoms with Gasteiger partial charge in [-0.2, -0.15) is 4.98 Å². The van der Waals surface area contributed by atoms with Gasteiger partial charge in [-0.1, -0.05) is 37.3 Å². The highest BCUT2D eigenvalue weighted by Crippen LogP contribution is 2.29. The lowest BCUT2D eigenvalue weighted by Gasteiger charge is -2.28. The molecule has 4 rings (SSSR count). The highest BCUT2D eigenvalue weighted by molar-refractivity contribution is 7.89. The average molecular weight is 527 g/mol. The standard InChI is InChI=1S/C27H38N6O2S.CH4/c1-20-8-14-23(15-9-20)36(34,35)31-19-22-12-10-21(11-13-22)18-30-27-32-25-7-3-2-6-24(25)26(33-27)29-17-5-4-16-28;/h2-3,6-9,14-15,21-22,31H,4-5,10-13,16-19,28H2,1H3,(H2,29,30,32,33);1H4. The molecule has 0 saturated heterocycles. The van der Waals surface area contributed by atoms with Crippen LogP contribution in [0.15, 0.2) is 53.4 Å². The molecule has 1 aliphatic carbocycles. The van der Waals surface area contributed by atoms with E-state index in [9.17, 15) is 8.42 Å². The second kappa shape index (κ2) is 13.7. The highest BCUT2D eigenvalue weighted by Gasteiger charge is 2.23. The van der Waals surface area contributed by atoms with Gasteiger partial charge in [-0.25, -0.2) is 18.1 Å². The lowest BCUT2D eigenvalue weighted by molar-refractivity contribution is 0.284. The average Bonchev–Trinajstić information content (AvgIpc) is 2.89. The zero-order valence-corrected chi connectivity index (χ0v) is 21.9. The normalized spacial score (nSPS) is 17.8. The fraction of sp³-hybridized carbons (Fsp3) is 0.500. The van der Waals surface area contributed by atoms with E-state index in [1.807, 2.05) is 43.3 Å². The summed E-state index contributed by atoms with van der Waals surface area (Å²) in [7, 11) is -3.46. The first-order valence-electron chi connectivity index (χ1n) is 13.0. The molecule has 8 nitrogen and oxygen atoms in total. The van der Waals surface area contributed by atoms with E-state index in [2.05, 4.69) is 15.4 Å². The minimum Gasteiger partial charge on any atom is -0.369 e. The van der Waals surface area contributed by atoms with Crippen LogP contribution in [0, 0.1) is 18.8 Å². The Morgan fingerprint density at radius 1 is 0.892 bits per heavy atom. The molecule has 2 aromatic carbocycles. The lowest BCUT2D eigenvalue weighted by Crippen LogP contribution is -2.32. The summed E-state index contributed by atoms with van der Waals surface area (Å²) in [5.74, 6) is 2.38. The molecule has 1 fully saturated rings. The zero-order valence-electron chi connectivity index (χ0n) is 21.0. The number of benzene rings is 2. The van der Waals surface area contributed by atoms with Crippen molar-refractivity contribution in [1.29, 1.82) is 0 Å². The molecule has 0 bridgehead atoms. The number of nitrogens with two attached hydrogens (primary N) is 1. The summed E-state index contributed by atoms with van der Waals surface area (Å²) in [6, 6.07) is 15.0. The number of rotatable bonds is 12. The van der Waals surface area contributed by atoms with E-state index in [4.69, 9.17) is 15.7 Å². The van der Waals surface area contributed by atoms with Gasteiger partial charge in [-0.05, 0) is 88.1 Å². The number of aromatic nitrogens is 2. The van der Waals surface area contributed by atoms with Crippen LogP contribution in [0.5, 0.6) is 0 Å². The monoisotopic (exact) mass is 526 g/mol. The number of unbranched alkanes of at least 4 members (excludes halogenated alkanes) is 1. The second-order valence-electron chi connectivity index (χ2n) is 9.77. The summed E-state index contributed by atoms with van der Waals surface area (Å²) in [5, 5.41) is 7.91. The Hall–Kier alpha value is -2.75. The van der Waals surface area contributed by atoms with Gasteiger partial charge in [0.15, 0.2) is 0 Å². The van der Waals surface area contributed by atoms with Crippen molar-refractivity contribution in [2.24, 2.45) is 17.6 Å². The maximum atomic E-state index is 12.6. The SMILES string of the molecule is C.Cc1ccc(S(=O)(=O)NCC2CCC(CNc3nc(NCCCCN)c4ccccc4n3)CC2)cc1. The van der Waals surface area contributed by atoms with Gasteiger partial charge in [-0.15, -0.1) is 0 Å². The second-order valence-corrected chi connectivity index (χ2v) is 11.5. The van der Waals surface area contributed by atoms with Crippen LogP contribution < -0.4 is 21.1 Å². The minimum absolute atomic E-state index is 0. The molecule has 1 heterocycles. The number of nitrogens with one attached hydrogen (secondary N) is 3. The Balaban J connectivity index is 0.00000380. The molecular formula is C28H42N6O2S. The van der Waals surface area contributed by atoms with Gasteiger partial charge in [-0.3, -0.25) is 0 Å². The highest BCUT2D eigenvalue weighted by atomic mass is 32.2. The molecule has 0 aliphatic heterocycles. The van der Waals surface area contributed by atoms with Crippen molar-refractivity contribution < 1.29 is 8.42 Å². The molecule has 0 amide bonds. The fourth-order valence-electron chi connectivity index (χ4n) is 4.67. The molecule has 0 spiro atoms. The third-order valence-corrected chi connectivity index (χ3v) is 8.37. The van der Waals surface area contributed by atoms with E-state index >= 15 is 0 Å². The predicted octanol–water partition coefficient (Wildman–Crippen LogP) is 4.92. The van der Waals surface area contributed by atoms with Crippen molar-refractivity contribution in [1.82, 2.24) is 14.7 Å². The van der Waals surface area contributed by atoms with Gasteiger partial charge in [0.25, 0.3) is 0 Å². The maximum absolute atomic E-state index is 12.6. The molecule has 1 aliphatic rings. The predicted molar refractivity (Wildman–Crippen MR) is 153 cm³/mol. The van der Waals surface area contributed by atoms with Crippen LogP contribution in [0.3, 0.4) is 0 Å². The van der Waals surface area contributed by atoms with E-state index in [1.165, 1.54) is 0 Å². The molecule has 0 atom stereocenters. The number of hydrogen-bond acceptors (Lipinski definition) is 7. The Kier molecular flexibility index (Phi) is 10.7. The summed E-state index contributed by atoms with van der Waals surface area (Å²) in [6.45, 7) is 4.77. The Morgan fingerprint density at radius 2 is 1.57 bits per heavy atom. The van der Waals surface area contributed by atoms with Crippen molar-refractivity contribution in [3.8, 4) is 0 Å². The van der Waals surface area contributed by atoms with Crippen LogP contribution >= 0.6 is 0 Å². The van der Waals surface area contributed by atoms with Crippen LogP contribution in [-0.4, -0.2) is 44.6 Å². The van der Waals surface area contributed by atoms with Crippen LogP contribution in [-0.2, 0) is 10.0 Å². The van der Waals surface area contributed by atoms with Crippen molar-refractivity contribution in [3.63, 3.8) is 0 Å². The summed E-state index contributed by atoms with van der Waals surface area (Å²) in [5.41, 5.74) is 7.58. The van der Waals surface area contributed by atoms with Crippen molar-refractivity contribution in [3.05, 3.63) is 54.1 Å². The summed E-state index contributed by atoms with van der Waals surface area (Å²) >= 11 is 0. The Labute approximate surface area is 221 Å². The topological polar surface area (TPSA) is 122 Å². The molecule has 1 aromatic heterocycles. The van der Waals surface area contributed by atoms with Gasteiger partial charge in [0, 0.05) is 25.0 Å². The quantitative estimate of drug-likeness (QED) is 0.247. The van der Waals surface area contributed by atoms with E-state index in [0.29, 0.717) is 35.8 Å². The first-order chi connectivity index (χ1) is 17.4. The first-order valence-corrected chi connectivity index (χ1v) is 14.4. The van der Waals surface area contributed by atoms with Crippen molar-refractivity contribution >= 4 is 32.7 Å². The van der Waals surface area contributed by atoms with Crippen LogP contribution in [0.2, 0.25) is 0 Å². The largest absolute Gasteiger partial charge is 0.369 e. The third-order valence-electron chi connectivity index (χ3n) is 6.94. The molecule has 3 aromatic rings. The van der Waals surface area contributed by atoms with Crippen LogP contribution in [0.1, 0.15) is 51.5 Å². The minimum atomic E-state index is -3.46. The summed E-state index contributed by atoms with van der Waals surface area (Å²) in [6.07, 6.45) is 6.12. The molecule has 37 heavy (non-hydrogen) atoms. The number of anilines is 2. The number of para-hydroxylation sites is 1. The lowest BCUT2D eigenvalue weighted by atomic mass is 9.82. The number of hydrogen-bond donors (Lipinski definition) is 4. The van der Waals surface area contributed by atoms with Crippen molar-refractivity contribution in [2.45, 2.75) is 57.8 Å². The number of fused-ring (bicyclic) bond motifs is 1. The first kappa shape index (κ1) is 28.8. The summed E-state index contributed by atoms with van der Waals surface area (Å²) in [4.78, 5) is 9.79. The van der Waals surface area contributed by atoms with E-state index in [0.717, 1.165) is 73.9 Å². The van der Waals surface area contributed by atoms with Gasteiger partial charge in [0.1, 0.15) is 5.82 Å². The number of sulfonamides is 1. The molecule has 9 heteroatoms. The molecule has 1 saturated carbocycles. The zero-order chi connectivity index (χ0) is 25.4. The van der Waals surface area contributed by atoms with E-state index in [1.54, 1.807) is 12.1 Å². The van der Waals surface area contributed by atoms with Gasteiger partial charge in [0.2, 0.25) is 16.0 Å². The molecular weight excluding hydrogens is 484 g/mol. The Bertz CT molecular complexity index is 1230. The Morgan fingerprint density at radius 3 is 2.27 bits per heavy atom. The van der Waals surface area contributed by atoms with Gasteiger partial charge >= 0.3 is 0 Å². The molecule has 0 radical (unpaired) electrons. The smallest absolute Gasteiger partial charge is 0.240 e. The number of nitrogens with zero attached hydrogens (tertiary/aromatic N) is 2.